The number of phenolic OH excluding ortho intramolecular Hbond substituents is 1. The maximum Gasteiger partial charge on any atom is 0.255 e. The molecule has 0 aromatic heterocycles. The Morgan fingerprint density at radius 3 is 2.47 bits per heavy atom. The Balaban J connectivity index is 1.88. The number of fused-ring (bicyclic) bond motifs is 3. The molecule has 36 heavy (non-hydrogen) atoms. The van der Waals surface area contributed by atoms with Crippen LogP contribution >= 0.6 is 0 Å². The third-order valence-electron chi connectivity index (χ3n) is 7.71. The van der Waals surface area contributed by atoms with Crippen molar-refractivity contribution >= 4 is 28.9 Å². The van der Waals surface area contributed by atoms with E-state index in [-0.39, 0.29) is 42.2 Å². The number of nitrogens with zero attached hydrogens (tertiary/aromatic N) is 1. The Kier molecular flexibility index (Phi) is 6.38. The first-order valence-corrected chi connectivity index (χ1v) is 12.1. The summed E-state index contributed by atoms with van der Waals surface area (Å²) in [6.45, 7) is 1.90. The Hall–Kier alpha value is -3.37. The number of nitrogens with two attached hydrogens (primary N) is 2. The predicted molar refractivity (Wildman–Crippen MR) is 132 cm³/mol. The molecule has 0 saturated heterocycles. The van der Waals surface area contributed by atoms with E-state index in [1.165, 1.54) is 0 Å². The molecule has 10 heteroatoms. The standard InChI is InChI=1S/C26H33N3O7/c1-11(27)5-4-6-12-9-16(29(2)3)15-8-13-7-14-10-17(30)20(25(28)35)24(34)26(14,36)23(33)18(13)22(32)19(15)21(12)31/h9,11,13-14,31-32,34,36H,4-8,10,27H2,1-3H3,(H2,28,35)/t11?,13-,14+,26+/m1/s1. The van der Waals surface area contributed by atoms with Crippen molar-refractivity contribution in [2.75, 3.05) is 19.0 Å². The lowest BCUT2D eigenvalue weighted by atomic mass is 9.59. The van der Waals surface area contributed by atoms with E-state index in [0.29, 0.717) is 24.0 Å². The zero-order chi connectivity index (χ0) is 26.7. The van der Waals surface area contributed by atoms with Crippen LogP contribution in [-0.2, 0) is 27.2 Å². The fourth-order valence-corrected chi connectivity index (χ4v) is 5.93. The summed E-state index contributed by atoms with van der Waals surface area (Å²) in [5.41, 5.74) is 9.71. The summed E-state index contributed by atoms with van der Waals surface area (Å²) in [4.78, 5) is 39.8. The zero-order valence-electron chi connectivity index (χ0n) is 20.7. The van der Waals surface area contributed by atoms with Crippen LogP contribution in [0, 0.1) is 11.8 Å². The van der Waals surface area contributed by atoms with Crippen LogP contribution in [0.4, 0.5) is 5.69 Å². The largest absolute Gasteiger partial charge is 0.508 e. The molecular weight excluding hydrogens is 466 g/mol. The molecule has 1 amide bonds. The minimum Gasteiger partial charge on any atom is -0.508 e. The maximum atomic E-state index is 13.7. The van der Waals surface area contributed by atoms with E-state index in [1.807, 2.05) is 32.0 Å². The number of hydrogen-bond donors (Lipinski definition) is 6. The van der Waals surface area contributed by atoms with Gasteiger partial charge in [-0.3, -0.25) is 14.4 Å². The van der Waals surface area contributed by atoms with Gasteiger partial charge in [-0.2, -0.15) is 0 Å². The lowest BCUT2D eigenvalue weighted by Crippen LogP contribution is -2.58. The van der Waals surface area contributed by atoms with Gasteiger partial charge in [0.25, 0.3) is 5.91 Å². The highest BCUT2D eigenvalue weighted by atomic mass is 16.3. The number of aryl methyl sites for hydroxylation is 1. The third-order valence-corrected chi connectivity index (χ3v) is 7.71. The molecule has 3 aliphatic carbocycles. The molecule has 0 spiro atoms. The van der Waals surface area contributed by atoms with Gasteiger partial charge in [0.15, 0.2) is 11.4 Å². The van der Waals surface area contributed by atoms with Gasteiger partial charge in [0, 0.05) is 43.7 Å². The number of aliphatic hydroxyl groups excluding tert-OH is 2. The van der Waals surface area contributed by atoms with Gasteiger partial charge in [-0.15, -0.1) is 0 Å². The number of aromatic hydroxyl groups is 1. The minimum atomic E-state index is -2.57. The van der Waals surface area contributed by atoms with Crippen molar-refractivity contribution < 1.29 is 34.8 Å². The van der Waals surface area contributed by atoms with E-state index >= 15 is 0 Å². The molecule has 0 aliphatic heterocycles. The molecule has 4 rings (SSSR count). The molecular formula is C26H33N3O7. The van der Waals surface area contributed by atoms with Gasteiger partial charge in [-0.25, -0.2) is 0 Å². The number of anilines is 1. The molecule has 8 N–H and O–H groups in total. The molecule has 4 atom stereocenters. The fraction of sp³-hybridized carbons (Fsp3) is 0.500. The second-order valence-electron chi connectivity index (χ2n) is 10.4. The summed E-state index contributed by atoms with van der Waals surface area (Å²) < 4.78 is 0. The van der Waals surface area contributed by atoms with Crippen LogP contribution in [0.5, 0.6) is 5.75 Å². The first-order valence-electron chi connectivity index (χ1n) is 12.1. The van der Waals surface area contributed by atoms with Gasteiger partial charge in [0.1, 0.15) is 22.8 Å². The molecule has 1 aromatic carbocycles. The second kappa shape index (κ2) is 8.94. The SMILES string of the molecule is CC(N)CCCc1cc(N(C)C)c2c(c1O)C(O)=C1C(=O)[C@]3(O)C(O)=C(C(N)=O)C(=O)C[C@@H]3C[C@@H]1C2. The summed E-state index contributed by atoms with van der Waals surface area (Å²) in [5, 5.41) is 44.6. The molecule has 1 saturated carbocycles. The number of phenols is 1. The number of benzene rings is 1. The molecule has 0 heterocycles. The van der Waals surface area contributed by atoms with Crippen LogP contribution in [0.3, 0.4) is 0 Å². The van der Waals surface area contributed by atoms with Gasteiger partial charge < -0.3 is 36.8 Å². The van der Waals surface area contributed by atoms with Crippen molar-refractivity contribution in [3.05, 3.63) is 39.7 Å². The Morgan fingerprint density at radius 1 is 1.22 bits per heavy atom. The van der Waals surface area contributed by atoms with E-state index in [0.717, 1.165) is 12.1 Å². The first-order chi connectivity index (χ1) is 16.8. The van der Waals surface area contributed by atoms with Gasteiger partial charge in [-0.1, -0.05) is 0 Å². The van der Waals surface area contributed by atoms with Crippen molar-refractivity contribution in [3.8, 4) is 5.75 Å². The van der Waals surface area contributed by atoms with Crippen molar-refractivity contribution in [2.45, 2.75) is 57.1 Å². The molecule has 0 radical (unpaired) electrons. The lowest BCUT2D eigenvalue weighted by molar-refractivity contribution is -0.147. The molecule has 1 unspecified atom stereocenters. The molecule has 194 valence electrons. The Labute approximate surface area is 208 Å². The number of hydrogen-bond acceptors (Lipinski definition) is 9. The first kappa shape index (κ1) is 25.7. The summed E-state index contributed by atoms with van der Waals surface area (Å²) >= 11 is 0. The van der Waals surface area contributed by atoms with Gasteiger partial charge in [0.2, 0.25) is 5.78 Å². The summed E-state index contributed by atoms with van der Waals surface area (Å²) in [6.07, 6.45) is 1.98. The van der Waals surface area contributed by atoms with Crippen LogP contribution < -0.4 is 16.4 Å². The highest BCUT2D eigenvalue weighted by Crippen LogP contribution is 2.53. The number of rotatable bonds is 6. The molecule has 0 bridgehead atoms. The topological polar surface area (TPSA) is 187 Å². The Bertz CT molecular complexity index is 1230. The smallest absolute Gasteiger partial charge is 0.255 e. The van der Waals surface area contributed by atoms with Gasteiger partial charge in [-0.05, 0) is 62.1 Å². The number of carbonyl (C=O) groups is 3. The summed E-state index contributed by atoms with van der Waals surface area (Å²) in [7, 11) is 3.68. The number of ketones is 2. The highest BCUT2D eigenvalue weighted by Gasteiger charge is 2.60. The van der Waals surface area contributed by atoms with Crippen LogP contribution in [0.15, 0.2) is 23.0 Å². The molecule has 1 aromatic rings. The zero-order valence-corrected chi connectivity index (χ0v) is 20.7. The predicted octanol–water partition coefficient (Wildman–Crippen LogP) is 1.16. The normalized spacial score (nSPS) is 26.4. The Morgan fingerprint density at radius 2 is 1.89 bits per heavy atom. The van der Waals surface area contributed by atoms with Crippen molar-refractivity contribution in [2.24, 2.45) is 23.3 Å². The van der Waals surface area contributed by atoms with Crippen LogP contribution in [-0.4, -0.2) is 63.6 Å². The molecule has 3 aliphatic rings. The van der Waals surface area contributed by atoms with Crippen molar-refractivity contribution in [3.63, 3.8) is 0 Å². The van der Waals surface area contributed by atoms with Crippen molar-refractivity contribution in [1.29, 1.82) is 0 Å². The number of carbonyl (C=O) groups excluding carboxylic acids is 3. The van der Waals surface area contributed by atoms with E-state index in [1.54, 1.807) is 0 Å². The van der Waals surface area contributed by atoms with Crippen LogP contribution in [0.1, 0.15) is 49.3 Å². The second-order valence-corrected chi connectivity index (χ2v) is 10.4. The monoisotopic (exact) mass is 499 g/mol. The highest BCUT2D eigenvalue weighted by molar-refractivity contribution is 6.22. The van der Waals surface area contributed by atoms with E-state index in [9.17, 15) is 34.8 Å². The van der Waals surface area contributed by atoms with E-state index < -0.39 is 52.0 Å². The van der Waals surface area contributed by atoms with E-state index in [2.05, 4.69) is 0 Å². The van der Waals surface area contributed by atoms with Crippen molar-refractivity contribution in [1.82, 2.24) is 0 Å². The number of primary amides is 1. The third kappa shape index (κ3) is 3.75. The fourth-order valence-electron chi connectivity index (χ4n) is 5.93. The summed E-state index contributed by atoms with van der Waals surface area (Å²) in [6, 6.07) is 1.86. The van der Waals surface area contributed by atoms with E-state index in [4.69, 9.17) is 11.5 Å². The van der Waals surface area contributed by atoms with Gasteiger partial charge >= 0.3 is 0 Å². The quantitative estimate of drug-likeness (QED) is 0.312. The average Bonchev–Trinajstić information content (AvgIpc) is 2.77. The minimum absolute atomic E-state index is 0.00341. The molecule has 10 nitrogen and oxygen atoms in total. The maximum absolute atomic E-state index is 13.7. The van der Waals surface area contributed by atoms with Gasteiger partial charge in [0.05, 0.1) is 5.56 Å². The average molecular weight is 500 g/mol. The summed E-state index contributed by atoms with van der Waals surface area (Å²) in [5.74, 6) is -6.22. The lowest BCUT2D eigenvalue weighted by Gasteiger charge is -2.46. The molecule has 1 fully saturated rings. The number of aliphatic hydroxyl groups is 3. The van der Waals surface area contributed by atoms with Crippen LogP contribution in [0.2, 0.25) is 0 Å². The van der Waals surface area contributed by atoms with Crippen LogP contribution in [0.25, 0.3) is 5.76 Å². The number of amides is 1. The number of Topliss-reactive ketones (excluding diaryl/α,β-unsaturated/α-hetero) is 2.